The molecule has 112 valence electrons. The molecule has 0 aromatic heterocycles. The van der Waals surface area contributed by atoms with E-state index in [2.05, 4.69) is 97.5 Å². The average molecular weight is 346 g/mol. The van der Waals surface area contributed by atoms with E-state index in [1.165, 1.54) is 16.7 Å². The van der Waals surface area contributed by atoms with Gasteiger partial charge in [-0.05, 0) is 41.2 Å². The lowest BCUT2D eigenvalue weighted by atomic mass is 9.86. The fourth-order valence-corrected chi connectivity index (χ4v) is 2.75. The molecule has 0 saturated carbocycles. The van der Waals surface area contributed by atoms with Gasteiger partial charge in [-0.3, -0.25) is 0 Å². The number of hydrogen-bond donors (Lipinski definition) is 1. The zero-order valence-corrected chi connectivity index (χ0v) is 14.9. The van der Waals surface area contributed by atoms with E-state index in [9.17, 15) is 0 Å². The van der Waals surface area contributed by atoms with E-state index in [1.807, 2.05) is 0 Å². The van der Waals surface area contributed by atoms with Crippen molar-refractivity contribution in [1.82, 2.24) is 5.32 Å². The molecular weight excluding hydrogens is 322 g/mol. The molecule has 0 saturated heterocycles. The zero-order chi connectivity index (χ0) is 15.5. The lowest BCUT2D eigenvalue weighted by molar-refractivity contribution is 0.569. The molecule has 1 nitrogen and oxygen atoms in total. The molecule has 0 bridgehead atoms. The molecule has 1 N–H and O–H groups in total. The van der Waals surface area contributed by atoms with Gasteiger partial charge in [0.05, 0.1) is 0 Å². The summed E-state index contributed by atoms with van der Waals surface area (Å²) in [7, 11) is 0. The van der Waals surface area contributed by atoms with Gasteiger partial charge in [0.25, 0.3) is 0 Å². The van der Waals surface area contributed by atoms with Gasteiger partial charge in [0.1, 0.15) is 0 Å². The van der Waals surface area contributed by atoms with Crippen LogP contribution in [0, 0.1) is 0 Å². The molecule has 0 radical (unpaired) electrons. The van der Waals surface area contributed by atoms with Crippen LogP contribution in [0.15, 0.2) is 53.0 Å². The monoisotopic (exact) mass is 345 g/mol. The van der Waals surface area contributed by atoms with E-state index in [1.54, 1.807) is 0 Å². The Morgan fingerprint density at radius 3 is 2.29 bits per heavy atom. The van der Waals surface area contributed by atoms with E-state index in [0.717, 1.165) is 11.0 Å². The summed E-state index contributed by atoms with van der Waals surface area (Å²) < 4.78 is 1.13. The lowest BCUT2D eigenvalue weighted by Gasteiger charge is -2.21. The normalized spacial score (nSPS) is 13.2. The third-order valence-electron chi connectivity index (χ3n) is 3.78. The first-order chi connectivity index (χ1) is 9.86. The van der Waals surface area contributed by atoms with Crippen LogP contribution in [0.25, 0.3) is 0 Å². The van der Waals surface area contributed by atoms with Crippen LogP contribution in [-0.2, 0) is 12.0 Å². The molecule has 2 rings (SSSR count). The van der Waals surface area contributed by atoms with Crippen molar-refractivity contribution in [2.75, 3.05) is 0 Å². The summed E-state index contributed by atoms with van der Waals surface area (Å²) in [4.78, 5) is 0. The van der Waals surface area contributed by atoms with Gasteiger partial charge in [0, 0.05) is 17.1 Å². The van der Waals surface area contributed by atoms with E-state index in [0.29, 0.717) is 6.04 Å². The van der Waals surface area contributed by atoms with Gasteiger partial charge in [-0.15, -0.1) is 0 Å². The highest BCUT2D eigenvalue weighted by Gasteiger charge is 2.13. The average Bonchev–Trinajstić information content (AvgIpc) is 2.44. The summed E-state index contributed by atoms with van der Waals surface area (Å²) in [5.41, 5.74) is 4.22. The van der Waals surface area contributed by atoms with Crippen molar-refractivity contribution in [2.24, 2.45) is 0 Å². The lowest BCUT2D eigenvalue weighted by Crippen LogP contribution is -2.18. The number of benzene rings is 2. The summed E-state index contributed by atoms with van der Waals surface area (Å²) in [6.45, 7) is 9.83. The second kappa shape index (κ2) is 6.76. The predicted molar refractivity (Wildman–Crippen MR) is 94.5 cm³/mol. The van der Waals surface area contributed by atoms with Crippen LogP contribution in [0.5, 0.6) is 0 Å². The van der Waals surface area contributed by atoms with Crippen molar-refractivity contribution in [3.63, 3.8) is 0 Å². The molecule has 1 unspecified atom stereocenters. The van der Waals surface area contributed by atoms with Crippen LogP contribution >= 0.6 is 15.9 Å². The highest BCUT2D eigenvalue weighted by Crippen LogP contribution is 2.24. The second-order valence-corrected chi connectivity index (χ2v) is 7.52. The van der Waals surface area contributed by atoms with E-state index >= 15 is 0 Å². The van der Waals surface area contributed by atoms with Crippen LogP contribution in [0.2, 0.25) is 0 Å². The van der Waals surface area contributed by atoms with Gasteiger partial charge in [-0.2, -0.15) is 0 Å². The summed E-state index contributed by atoms with van der Waals surface area (Å²) in [5, 5.41) is 3.58. The quantitative estimate of drug-likeness (QED) is 0.760. The van der Waals surface area contributed by atoms with E-state index < -0.39 is 0 Å². The molecule has 1 atom stereocenters. The Morgan fingerprint density at radius 2 is 1.71 bits per heavy atom. The zero-order valence-electron chi connectivity index (χ0n) is 13.3. The Hall–Kier alpha value is -1.12. The molecule has 2 heteroatoms. The third-order valence-corrected chi connectivity index (χ3v) is 4.27. The smallest absolute Gasteiger partial charge is 0.0294 e. The molecule has 0 aliphatic carbocycles. The van der Waals surface area contributed by atoms with Crippen LogP contribution in [0.3, 0.4) is 0 Å². The topological polar surface area (TPSA) is 12.0 Å². The molecule has 2 aromatic rings. The van der Waals surface area contributed by atoms with Crippen LogP contribution in [0.4, 0.5) is 0 Å². The van der Waals surface area contributed by atoms with Crippen molar-refractivity contribution in [1.29, 1.82) is 0 Å². The Labute approximate surface area is 136 Å². The summed E-state index contributed by atoms with van der Waals surface area (Å²) in [5.74, 6) is 0. The fraction of sp³-hybridized carbons (Fsp3) is 0.368. The van der Waals surface area contributed by atoms with Crippen LogP contribution in [-0.4, -0.2) is 0 Å². The first kappa shape index (κ1) is 16.3. The van der Waals surface area contributed by atoms with Gasteiger partial charge >= 0.3 is 0 Å². The Kier molecular flexibility index (Phi) is 5.23. The van der Waals surface area contributed by atoms with Crippen LogP contribution in [0.1, 0.15) is 50.4 Å². The van der Waals surface area contributed by atoms with E-state index in [-0.39, 0.29) is 5.41 Å². The van der Waals surface area contributed by atoms with Crippen molar-refractivity contribution >= 4 is 15.9 Å². The van der Waals surface area contributed by atoms with Gasteiger partial charge in [-0.1, -0.05) is 73.1 Å². The molecule has 21 heavy (non-hydrogen) atoms. The molecule has 0 aliphatic rings. The highest BCUT2D eigenvalue weighted by molar-refractivity contribution is 9.10. The third kappa shape index (κ3) is 4.69. The van der Waals surface area contributed by atoms with Gasteiger partial charge in [0.2, 0.25) is 0 Å². The van der Waals surface area contributed by atoms with Gasteiger partial charge in [-0.25, -0.2) is 0 Å². The maximum absolute atomic E-state index is 3.58. The largest absolute Gasteiger partial charge is 0.306 e. The molecule has 0 amide bonds. The Bertz CT molecular complexity index is 581. The van der Waals surface area contributed by atoms with Crippen molar-refractivity contribution in [2.45, 2.75) is 45.7 Å². The molecular formula is C19H24BrN. The fourth-order valence-electron chi connectivity index (χ4n) is 2.31. The van der Waals surface area contributed by atoms with Crippen LogP contribution < -0.4 is 5.32 Å². The molecule has 0 fully saturated rings. The molecule has 0 spiro atoms. The predicted octanol–water partition coefficient (Wildman–Crippen LogP) is 5.60. The standard InChI is InChI=1S/C19H24BrN/c1-14(21-13-15-6-5-7-18(20)12-15)16-8-10-17(11-9-16)19(2,3)4/h5-12,14,21H,13H2,1-4H3. The minimum absolute atomic E-state index is 0.214. The van der Waals surface area contributed by atoms with Crippen molar-refractivity contribution in [3.8, 4) is 0 Å². The second-order valence-electron chi connectivity index (χ2n) is 6.60. The minimum atomic E-state index is 0.214. The van der Waals surface area contributed by atoms with Gasteiger partial charge < -0.3 is 5.32 Å². The number of hydrogen-bond acceptors (Lipinski definition) is 1. The Balaban J connectivity index is 1.99. The van der Waals surface area contributed by atoms with E-state index in [4.69, 9.17) is 0 Å². The number of nitrogens with one attached hydrogen (secondary N) is 1. The first-order valence-corrected chi connectivity index (χ1v) is 8.24. The molecule has 2 aromatic carbocycles. The maximum Gasteiger partial charge on any atom is 0.0294 e. The summed E-state index contributed by atoms with van der Waals surface area (Å²) in [6, 6.07) is 17.7. The Morgan fingerprint density at radius 1 is 1.05 bits per heavy atom. The first-order valence-electron chi connectivity index (χ1n) is 7.44. The highest BCUT2D eigenvalue weighted by atomic mass is 79.9. The summed E-state index contributed by atoms with van der Waals surface area (Å²) >= 11 is 3.51. The number of halogens is 1. The molecule has 0 aliphatic heterocycles. The number of rotatable bonds is 4. The minimum Gasteiger partial charge on any atom is -0.306 e. The maximum atomic E-state index is 3.58. The van der Waals surface area contributed by atoms with Crippen molar-refractivity contribution in [3.05, 3.63) is 69.7 Å². The van der Waals surface area contributed by atoms with Gasteiger partial charge in [0.15, 0.2) is 0 Å². The van der Waals surface area contributed by atoms with Crippen molar-refractivity contribution < 1.29 is 0 Å². The SMILES string of the molecule is CC(NCc1cccc(Br)c1)c1ccc(C(C)(C)C)cc1. The summed E-state index contributed by atoms with van der Waals surface area (Å²) in [6.07, 6.45) is 0. The molecule has 0 heterocycles.